The van der Waals surface area contributed by atoms with E-state index in [4.69, 9.17) is 4.74 Å². The van der Waals surface area contributed by atoms with E-state index in [1.807, 2.05) is 78.9 Å². The first-order chi connectivity index (χ1) is 14.1. The molecule has 1 aliphatic heterocycles. The van der Waals surface area contributed by atoms with Gasteiger partial charge in [0, 0.05) is 16.6 Å². The third-order valence-corrected chi connectivity index (χ3v) is 5.80. The molecule has 1 N–H and O–H groups in total. The van der Waals surface area contributed by atoms with Gasteiger partial charge in [0.25, 0.3) is 5.91 Å². The number of hydrogen-bond acceptors (Lipinski definition) is 3. The first-order valence-electron chi connectivity index (χ1n) is 9.27. The lowest BCUT2D eigenvalue weighted by Crippen LogP contribution is -2.30. The van der Waals surface area contributed by atoms with Crippen molar-refractivity contribution in [3.63, 3.8) is 0 Å². The fourth-order valence-corrected chi connectivity index (χ4v) is 4.22. The fraction of sp³-hybridized carbons (Fsp3) is 0.125. The average Bonchev–Trinajstić information content (AvgIpc) is 2.99. The van der Waals surface area contributed by atoms with Gasteiger partial charge in [0.05, 0.1) is 13.2 Å². The van der Waals surface area contributed by atoms with Crippen LogP contribution < -0.4 is 4.74 Å². The van der Waals surface area contributed by atoms with Gasteiger partial charge < -0.3 is 14.7 Å². The van der Waals surface area contributed by atoms with E-state index in [1.54, 1.807) is 12.0 Å². The predicted molar refractivity (Wildman–Crippen MR) is 116 cm³/mol. The van der Waals surface area contributed by atoms with Crippen LogP contribution in [0.2, 0.25) is 0 Å². The maximum absolute atomic E-state index is 13.1. The number of halogens is 1. The van der Waals surface area contributed by atoms with Crippen molar-refractivity contribution in [2.24, 2.45) is 0 Å². The van der Waals surface area contributed by atoms with Crippen molar-refractivity contribution in [2.75, 3.05) is 7.11 Å². The predicted octanol–water partition coefficient (Wildman–Crippen LogP) is 5.51. The summed E-state index contributed by atoms with van der Waals surface area (Å²) in [5, 5.41) is 10.8. The second-order valence-corrected chi connectivity index (χ2v) is 7.69. The topological polar surface area (TPSA) is 49.8 Å². The molecule has 1 heterocycles. The molecule has 3 aromatic carbocycles. The number of ether oxygens (including phenoxy) is 1. The number of aliphatic hydroxyl groups excluding tert-OH is 1. The van der Waals surface area contributed by atoms with Crippen molar-refractivity contribution in [1.29, 1.82) is 0 Å². The summed E-state index contributed by atoms with van der Waals surface area (Å²) in [6.07, 6.45) is 0. The molecule has 1 atom stereocenters. The van der Waals surface area contributed by atoms with Crippen LogP contribution in [0.15, 0.2) is 89.1 Å². The fourth-order valence-electron chi connectivity index (χ4n) is 3.72. The molecular formula is C24H20BrNO3. The molecule has 5 heteroatoms. The monoisotopic (exact) mass is 449 g/mol. The van der Waals surface area contributed by atoms with Gasteiger partial charge in [0.1, 0.15) is 5.75 Å². The van der Waals surface area contributed by atoms with Crippen molar-refractivity contribution in [1.82, 2.24) is 4.90 Å². The number of carbonyl (C=O) groups excluding carboxylic acids is 1. The molecule has 4 rings (SSSR count). The van der Waals surface area contributed by atoms with E-state index in [0.717, 1.165) is 26.9 Å². The zero-order chi connectivity index (χ0) is 20.4. The van der Waals surface area contributed by atoms with E-state index in [0.29, 0.717) is 12.1 Å². The van der Waals surface area contributed by atoms with Crippen molar-refractivity contribution in [3.05, 3.63) is 106 Å². The Bertz CT molecular complexity index is 1080. The quantitative estimate of drug-likeness (QED) is 0.558. The molecule has 29 heavy (non-hydrogen) atoms. The second kappa shape index (κ2) is 8.13. The molecule has 0 saturated carbocycles. The first kappa shape index (κ1) is 19.3. The minimum Gasteiger partial charge on any atom is -0.503 e. The van der Waals surface area contributed by atoms with Crippen LogP contribution >= 0.6 is 15.9 Å². The van der Waals surface area contributed by atoms with Crippen LogP contribution in [0, 0.1) is 0 Å². The van der Waals surface area contributed by atoms with Gasteiger partial charge in [-0.05, 0) is 34.9 Å². The van der Waals surface area contributed by atoms with Gasteiger partial charge in [-0.3, -0.25) is 4.79 Å². The van der Waals surface area contributed by atoms with Gasteiger partial charge in [-0.25, -0.2) is 0 Å². The van der Waals surface area contributed by atoms with Crippen LogP contribution in [-0.2, 0) is 11.3 Å². The summed E-state index contributed by atoms with van der Waals surface area (Å²) in [5.74, 6) is 0.138. The van der Waals surface area contributed by atoms with Gasteiger partial charge in [-0.15, -0.1) is 0 Å². The Kier molecular flexibility index (Phi) is 5.41. The van der Waals surface area contributed by atoms with E-state index < -0.39 is 6.04 Å². The number of hydrogen-bond donors (Lipinski definition) is 1. The minimum atomic E-state index is -0.410. The number of amides is 1. The molecule has 1 aliphatic rings. The summed E-state index contributed by atoms with van der Waals surface area (Å²) in [4.78, 5) is 14.8. The van der Waals surface area contributed by atoms with Gasteiger partial charge in [-0.1, -0.05) is 76.6 Å². The molecule has 0 aromatic heterocycles. The third kappa shape index (κ3) is 3.66. The summed E-state index contributed by atoms with van der Waals surface area (Å²) < 4.78 is 6.20. The largest absolute Gasteiger partial charge is 0.503 e. The van der Waals surface area contributed by atoms with Crippen LogP contribution in [0.5, 0.6) is 5.75 Å². The van der Waals surface area contributed by atoms with Gasteiger partial charge in [-0.2, -0.15) is 0 Å². The minimum absolute atomic E-state index is 0.208. The number of rotatable bonds is 5. The highest BCUT2D eigenvalue weighted by Gasteiger charge is 2.41. The van der Waals surface area contributed by atoms with Crippen molar-refractivity contribution in [3.8, 4) is 5.75 Å². The Balaban J connectivity index is 1.82. The number of aliphatic hydroxyl groups is 1. The SMILES string of the molecule is COc1cccc(CN2C(=O)C(O)=C(c3ccccc3)[C@H]2c2ccccc2Br)c1. The van der Waals surface area contributed by atoms with Crippen molar-refractivity contribution < 1.29 is 14.6 Å². The maximum atomic E-state index is 13.1. The van der Waals surface area contributed by atoms with Crippen LogP contribution in [0.4, 0.5) is 0 Å². The molecule has 0 spiro atoms. The molecule has 0 aliphatic carbocycles. The Labute approximate surface area is 178 Å². The summed E-state index contributed by atoms with van der Waals surface area (Å²) in [6, 6.07) is 24.6. The molecule has 3 aromatic rings. The summed E-state index contributed by atoms with van der Waals surface area (Å²) >= 11 is 3.62. The Morgan fingerprint density at radius 2 is 1.72 bits per heavy atom. The molecule has 4 nitrogen and oxygen atoms in total. The van der Waals surface area contributed by atoms with E-state index >= 15 is 0 Å². The van der Waals surface area contributed by atoms with Gasteiger partial charge >= 0.3 is 0 Å². The van der Waals surface area contributed by atoms with Crippen molar-refractivity contribution in [2.45, 2.75) is 12.6 Å². The number of carbonyl (C=O) groups is 1. The molecule has 0 bridgehead atoms. The smallest absolute Gasteiger partial charge is 0.290 e. The zero-order valence-corrected chi connectivity index (χ0v) is 17.5. The molecule has 0 fully saturated rings. The molecule has 0 saturated heterocycles. The molecular weight excluding hydrogens is 430 g/mol. The van der Waals surface area contributed by atoms with E-state index in [9.17, 15) is 9.90 Å². The summed E-state index contributed by atoms with van der Waals surface area (Å²) in [7, 11) is 1.62. The highest BCUT2D eigenvalue weighted by atomic mass is 79.9. The lowest BCUT2D eigenvalue weighted by atomic mass is 9.93. The van der Waals surface area contributed by atoms with Crippen molar-refractivity contribution >= 4 is 27.4 Å². The first-order valence-corrected chi connectivity index (χ1v) is 10.1. The van der Waals surface area contributed by atoms with Gasteiger partial charge in [0.15, 0.2) is 5.76 Å². The maximum Gasteiger partial charge on any atom is 0.290 e. The zero-order valence-electron chi connectivity index (χ0n) is 15.9. The Morgan fingerprint density at radius 1 is 1.00 bits per heavy atom. The average molecular weight is 450 g/mol. The number of nitrogens with zero attached hydrogens (tertiary/aromatic N) is 1. The summed E-state index contributed by atoms with van der Waals surface area (Å²) in [6.45, 7) is 0.350. The van der Waals surface area contributed by atoms with Crippen LogP contribution in [0.3, 0.4) is 0 Å². The highest BCUT2D eigenvalue weighted by molar-refractivity contribution is 9.10. The Morgan fingerprint density at radius 3 is 2.45 bits per heavy atom. The highest BCUT2D eigenvalue weighted by Crippen LogP contribution is 2.45. The van der Waals surface area contributed by atoms with Gasteiger partial charge in [0.2, 0.25) is 0 Å². The lowest BCUT2D eigenvalue weighted by Gasteiger charge is -2.28. The second-order valence-electron chi connectivity index (χ2n) is 6.84. The molecule has 1 amide bonds. The number of benzene rings is 3. The molecule has 0 unspecified atom stereocenters. The number of methoxy groups -OCH3 is 1. The normalized spacial score (nSPS) is 16.4. The molecule has 146 valence electrons. The lowest BCUT2D eigenvalue weighted by molar-refractivity contribution is -0.130. The Hall–Kier alpha value is -3.05. The molecule has 0 radical (unpaired) electrons. The van der Waals surface area contributed by atoms with Crippen LogP contribution in [-0.4, -0.2) is 23.0 Å². The van der Waals surface area contributed by atoms with Crippen LogP contribution in [0.1, 0.15) is 22.7 Å². The standard InChI is InChI=1S/C24H20BrNO3/c1-29-18-11-7-8-16(14-18)15-26-22(19-12-5-6-13-20(19)25)21(23(27)24(26)28)17-9-3-2-4-10-17/h2-14,22,27H,15H2,1H3/t22-/m1/s1. The summed E-state index contributed by atoms with van der Waals surface area (Å²) in [5.41, 5.74) is 3.29. The van der Waals surface area contributed by atoms with E-state index in [2.05, 4.69) is 15.9 Å². The third-order valence-electron chi connectivity index (χ3n) is 5.08. The van der Waals surface area contributed by atoms with E-state index in [1.165, 1.54) is 0 Å². The van der Waals surface area contributed by atoms with E-state index in [-0.39, 0.29) is 11.7 Å². The van der Waals surface area contributed by atoms with Crippen LogP contribution in [0.25, 0.3) is 5.57 Å².